The van der Waals surface area contributed by atoms with Gasteiger partial charge in [0.1, 0.15) is 12.1 Å². The molecule has 1 aliphatic heterocycles. The second-order valence-electron chi connectivity index (χ2n) is 8.24. The Balaban J connectivity index is 0.00000289. The molecule has 1 N–H and O–H groups in total. The number of aryl methyl sites for hydroxylation is 1. The SMILES string of the molecule is Cl.Cn1ccc(=O)n(Cc2cc3c(-c4cc(Cl)cc(F)c4CC4CNCCO4)ncnn3c2)c1=O. The molecular weight excluding hydrogens is 498 g/mol. The molecule has 1 aromatic carbocycles. The van der Waals surface area contributed by atoms with E-state index < -0.39 is 17.1 Å². The minimum Gasteiger partial charge on any atom is -0.375 e. The van der Waals surface area contributed by atoms with Gasteiger partial charge in [0.15, 0.2) is 0 Å². The minimum atomic E-state index is -0.431. The van der Waals surface area contributed by atoms with Crippen LogP contribution in [0.5, 0.6) is 0 Å². The summed E-state index contributed by atoms with van der Waals surface area (Å²) in [6.07, 6.45) is 4.70. The Labute approximate surface area is 210 Å². The van der Waals surface area contributed by atoms with Crippen LogP contribution in [0.15, 0.2) is 52.6 Å². The van der Waals surface area contributed by atoms with Crippen LogP contribution in [-0.4, -0.2) is 49.5 Å². The summed E-state index contributed by atoms with van der Waals surface area (Å²) in [5.41, 5.74) is 1.95. The number of benzene rings is 1. The van der Waals surface area contributed by atoms with E-state index in [2.05, 4.69) is 15.4 Å². The molecular formula is C23H23Cl2FN6O3. The fraction of sp³-hybridized carbons (Fsp3) is 0.304. The van der Waals surface area contributed by atoms with Gasteiger partial charge in [-0.3, -0.25) is 9.36 Å². The standard InChI is InChI=1S/C23H22ClFN6O3.ClH/c1-29-4-2-21(32)30(23(29)33)11-14-6-20-22(27-13-28-31(20)12-14)18-7-15(24)8-19(25)17(18)9-16-10-26-3-5-34-16;/h2,4,6-8,12-13,16,26H,3,5,9-11H2,1H3;1H. The van der Waals surface area contributed by atoms with Crippen molar-refractivity contribution >= 4 is 29.5 Å². The number of hydrogen-bond donors (Lipinski definition) is 1. The summed E-state index contributed by atoms with van der Waals surface area (Å²) < 4.78 is 24.9. The molecule has 4 heterocycles. The van der Waals surface area contributed by atoms with Crippen LogP contribution in [0.4, 0.5) is 4.39 Å². The Kier molecular flexibility index (Phi) is 7.36. The van der Waals surface area contributed by atoms with Gasteiger partial charge in [-0.1, -0.05) is 11.6 Å². The second-order valence-corrected chi connectivity index (χ2v) is 8.67. The highest BCUT2D eigenvalue weighted by Crippen LogP contribution is 2.32. The molecule has 1 unspecified atom stereocenters. The van der Waals surface area contributed by atoms with Crippen molar-refractivity contribution in [1.29, 1.82) is 0 Å². The minimum absolute atomic E-state index is 0. The van der Waals surface area contributed by atoms with Crippen molar-refractivity contribution in [2.75, 3.05) is 19.7 Å². The highest BCUT2D eigenvalue weighted by Gasteiger charge is 2.22. The smallest absolute Gasteiger partial charge is 0.331 e. The normalized spacial score (nSPS) is 15.8. The van der Waals surface area contributed by atoms with Crippen LogP contribution >= 0.6 is 24.0 Å². The number of ether oxygens (including phenoxy) is 1. The number of fused-ring (bicyclic) bond motifs is 1. The van der Waals surface area contributed by atoms with E-state index in [1.165, 1.54) is 29.2 Å². The molecule has 0 spiro atoms. The third kappa shape index (κ3) is 5.01. The Hall–Kier alpha value is -3.05. The van der Waals surface area contributed by atoms with Gasteiger partial charge in [0.25, 0.3) is 5.56 Å². The van der Waals surface area contributed by atoms with Crippen LogP contribution in [0.2, 0.25) is 5.02 Å². The molecule has 1 aliphatic rings. The Bertz CT molecular complexity index is 1490. The highest BCUT2D eigenvalue weighted by molar-refractivity contribution is 6.31. The van der Waals surface area contributed by atoms with Crippen LogP contribution in [0.1, 0.15) is 11.1 Å². The van der Waals surface area contributed by atoms with E-state index in [1.54, 1.807) is 29.9 Å². The van der Waals surface area contributed by atoms with E-state index in [4.69, 9.17) is 16.3 Å². The van der Waals surface area contributed by atoms with E-state index in [9.17, 15) is 9.59 Å². The van der Waals surface area contributed by atoms with Gasteiger partial charge in [-0.15, -0.1) is 12.4 Å². The molecule has 1 fully saturated rings. The summed E-state index contributed by atoms with van der Waals surface area (Å²) in [5.74, 6) is -0.431. The second kappa shape index (κ2) is 10.3. The summed E-state index contributed by atoms with van der Waals surface area (Å²) in [7, 11) is 1.58. The zero-order valence-electron chi connectivity index (χ0n) is 18.8. The molecule has 0 amide bonds. The molecule has 4 aromatic rings. The third-order valence-electron chi connectivity index (χ3n) is 5.89. The lowest BCUT2D eigenvalue weighted by Crippen LogP contribution is -2.39. The Morgan fingerprint density at radius 2 is 2.11 bits per heavy atom. The molecule has 0 bridgehead atoms. The van der Waals surface area contributed by atoms with Crippen LogP contribution in [0.25, 0.3) is 16.8 Å². The van der Waals surface area contributed by atoms with Crippen molar-refractivity contribution in [3.63, 3.8) is 0 Å². The van der Waals surface area contributed by atoms with E-state index in [1.807, 2.05) is 0 Å². The quantitative estimate of drug-likeness (QED) is 0.432. The van der Waals surface area contributed by atoms with E-state index in [0.29, 0.717) is 47.5 Å². The van der Waals surface area contributed by atoms with Crippen molar-refractivity contribution in [2.45, 2.75) is 19.1 Å². The van der Waals surface area contributed by atoms with Crippen LogP contribution in [0.3, 0.4) is 0 Å². The molecule has 3 aromatic heterocycles. The van der Waals surface area contributed by atoms with Crippen molar-refractivity contribution in [1.82, 2.24) is 29.0 Å². The number of nitrogens with one attached hydrogen (secondary N) is 1. The predicted molar refractivity (Wildman–Crippen MR) is 132 cm³/mol. The van der Waals surface area contributed by atoms with Gasteiger partial charge in [0.2, 0.25) is 0 Å². The molecule has 1 saturated heterocycles. The van der Waals surface area contributed by atoms with Gasteiger partial charge in [0, 0.05) is 61.2 Å². The van der Waals surface area contributed by atoms with Gasteiger partial charge < -0.3 is 14.6 Å². The molecule has 35 heavy (non-hydrogen) atoms. The van der Waals surface area contributed by atoms with Gasteiger partial charge in [-0.05, 0) is 23.8 Å². The topological polar surface area (TPSA) is 95.4 Å². The van der Waals surface area contributed by atoms with Crippen LogP contribution in [-0.2, 0) is 24.8 Å². The maximum Gasteiger partial charge on any atom is 0.331 e. The van der Waals surface area contributed by atoms with Gasteiger partial charge in [-0.25, -0.2) is 18.7 Å². The molecule has 0 aliphatic carbocycles. The van der Waals surface area contributed by atoms with Crippen molar-refractivity contribution in [2.24, 2.45) is 7.05 Å². The first-order valence-corrected chi connectivity index (χ1v) is 11.2. The molecule has 12 heteroatoms. The molecule has 5 rings (SSSR count). The summed E-state index contributed by atoms with van der Waals surface area (Å²) in [4.78, 5) is 29.1. The Morgan fingerprint density at radius 1 is 1.29 bits per heavy atom. The van der Waals surface area contributed by atoms with Gasteiger partial charge in [0.05, 0.1) is 30.5 Å². The summed E-state index contributed by atoms with van der Waals surface area (Å²) in [5, 5.41) is 7.76. The van der Waals surface area contributed by atoms with E-state index in [0.717, 1.165) is 11.1 Å². The number of morpholine rings is 1. The maximum absolute atomic E-state index is 15.1. The lowest BCUT2D eigenvalue weighted by molar-refractivity contribution is 0.0288. The highest BCUT2D eigenvalue weighted by atomic mass is 35.5. The first kappa shape index (κ1) is 25.1. The zero-order valence-corrected chi connectivity index (χ0v) is 20.4. The van der Waals surface area contributed by atoms with Crippen molar-refractivity contribution < 1.29 is 9.13 Å². The van der Waals surface area contributed by atoms with Crippen molar-refractivity contribution in [3.05, 3.63) is 85.8 Å². The summed E-state index contributed by atoms with van der Waals surface area (Å²) >= 11 is 6.22. The monoisotopic (exact) mass is 520 g/mol. The number of hydrogen-bond acceptors (Lipinski definition) is 6. The number of aromatic nitrogens is 5. The van der Waals surface area contributed by atoms with Gasteiger partial charge >= 0.3 is 5.69 Å². The predicted octanol–water partition coefficient (Wildman–Crippen LogP) is 2.05. The van der Waals surface area contributed by atoms with E-state index in [-0.39, 0.29) is 30.1 Å². The molecule has 0 radical (unpaired) electrons. The summed E-state index contributed by atoms with van der Waals surface area (Å²) in [6, 6.07) is 6.10. The third-order valence-corrected chi connectivity index (χ3v) is 6.11. The van der Waals surface area contributed by atoms with Crippen LogP contribution < -0.4 is 16.6 Å². The van der Waals surface area contributed by atoms with Crippen molar-refractivity contribution in [3.8, 4) is 11.3 Å². The van der Waals surface area contributed by atoms with Crippen LogP contribution in [0, 0.1) is 5.82 Å². The average molecular weight is 521 g/mol. The molecule has 9 nitrogen and oxygen atoms in total. The largest absolute Gasteiger partial charge is 0.375 e. The average Bonchev–Trinajstić information content (AvgIpc) is 3.24. The van der Waals surface area contributed by atoms with Gasteiger partial charge in [-0.2, -0.15) is 5.10 Å². The number of halogens is 3. The zero-order chi connectivity index (χ0) is 23.8. The Morgan fingerprint density at radius 3 is 2.89 bits per heavy atom. The van der Waals surface area contributed by atoms with E-state index >= 15 is 4.39 Å². The summed E-state index contributed by atoms with van der Waals surface area (Å²) in [6.45, 7) is 2.01. The molecule has 0 saturated carbocycles. The first-order valence-electron chi connectivity index (χ1n) is 10.8. The fourth-order valence-corrected chi connectivity index (χ4v) is 4.43. The lowest BCUT2D eigenvalue weighted by atomic mass is 9.97. The number of nitrogens with zero attached hydrogens (tertiary/aromatic N) is 5. The first-order chi connectivity index (χ1) is 16.4. The fourth-order valence-electron chi connectivity index (χ4n) is 4.22. The number of rotatable bonds is 5. The molecule has 1 atom stereocenters. The lowest BCUT2D eigenvalue weighted by Gasteiger charge is -2.24. The maximum atomic E-state index is 15.1. The molecule has 184 valence electrons.